The van der Waals surface area contributed by atoms with E-state index in [1.165, 1.54) is 0 Å². The van der Waals surface area contributed by atoms with Gasteiger partial charge in [0.25, 0.3) is 0 Å². The van der Waals surface area contributed by atoms with E-state index in [1.807, 2.05) is 37.1 Å². The third-order valence-corrected chi connectivity index (χ3v) is 4.72. The Balaban J connectivity index is 0.00000261. The van der Waals surface area contributed by atoms with Gasteiger partial charge in [-0.3, -0.25) is 14.8 Å². The predicted molar refractivity (Wildman–Crippen MR) is 120 cm³/mol. The highest BCUT2D eigenvalue weighted by molar-refractivity contribution is 14.0. The Kier molecular flexibility index (Phi) is 7.82. The minimum Gasteiger partial charge on any atom is -0.352 e. The first-order chi connectivity index (χ1) is 12.6. The number of amides is 1. The van der Waals surface area contributed by atoms with Crippen LogP contribution in [-0.4, -0.2) is 47.9 Å². The van der Waals surface area contributed by atoms with E-state index in [9.17, 15) is 4.79 Å². The molecule has 27 heavy (non-hydrogen) atoms. The van der Waals surface area contributed by atoms with E-state index in [1.54, 1.807) is 7.05 Å². The fraction of sp³-hybridized carbons (Fsp3) is 0.450. The standard InChI is InChI=1S/C20H27N5O.HI/c1-14(2)19(26)25-11-9-17(13-25)24-20(21-3)23-12-16-7-4-6-15-8-5-10-22-18(15)16;/h4-8,10,14,17H,9,11-13H2,1-3H3,(H2,21,23,24);1H. The van der Waals surface area contributed by atoms with E-state index in [0.717, 1.165) is 41.9 Å². The van der Waals surface area contributed by atoms with Crippen LogP contribution in [0.25, 0.3) is 10.9 Å². The average Bonchev–Trinajstić information content (AvgIpc) is 3.12. The second-order valence-electron chi connectivity index (χ2n) is 6.99. The van der Waals surface area contributed by atoms with Gasteiger partial charge in [0, 0.05) is 50.2 Å². The third kappa shape index (κ3) is 5.31. The number of benzene rings is 1. The molecule has 0 radical (unpaired) electrons. The highest BCUT2D eigenvalue weighted by atomic mass is 127. The van der Waals surface area contributed by atoms with Crippen molar-refractivity contribution in [2.24, 2.45) is 10.9 Å². The van der Waals surface area contributed by atoms with Crippen molar-refractivity contribution in [3.05, 3.63) is 42.1 Å². The Morgan fingerprint density at radius 3 is 2.85 bits per heavy atom. The Bertz CT molecular complexity index is 803. The van der Waals surface area contributed by atoms with Gasteiger partial charge in [0.1, 0.15) is 0 Å². The molecule has 1 unspecified atom stereocenters. The Morgan fingerprint density at radius 1 is 1.33 bits per heavy atom. The lowest BCUT2D eigenvalue weighted by atomic mass is 10.1. The Hall–Kier alpha value is -1.90. The van der Waals surface area contributed by atoms with Crippen molar-refractivity contribution in [3.8, 4) is 0 Å². The molecule has 1 fully saturated rings. The number of aliphatic imine (C=N–C) groups is 1. The van der Waals surface area contributed by atoms with Gasteiger partial charge in [-0.15, -0.1) is 24.0 Å². The zero-order valence-electron chi connectivity index (χ0n) is 16.1. The third-order valence-electron chi connectivity index (χ3n) is 4.72. The lowest BCUT2D eigenvalue weighted by molar-refractivity contribution is -0.133. The number of fused-ring (bicyclic) bond motifs is 1. The van der Waals surface area contributed by atoms with Gasteiger partial charge in [-0.1, -0.05) is 38.1 Å². The number of guanidine groups is 1. The van der Waals surface area contributed by atoms with Gasteiger partial charge in [0.15, 0.2) is 5.96 Å². The van der Waals surface area contributed by atoms with Crippen molar-refractivity contribution in [1.29, 1.82) is 0 Å². The number of nitrogens with zero attached hydrogens (tertiary/aromatic N) is 3. The average molecular weight is 481 g/mol. The van der Waals surface area contributed by atoms with Crippen LogP contribution in [0.3, 0.4) is 0 Å². The van der Waals surface area contributed by atoms with Crippen LogP contribution in [0.1, 0.15) is 25.8 Å². The molecule has 1 saturated heterocycles. The van der Waals surface area contributed by atoms with Crippen LogP contribution in [0.2, 0.25) is 0 Å². The SMILES string of the molecule is CN=C(NCc1cccc2cccnc12)NC1CCN(C(=O)C(C)C)C1.I. The van der Waals surface area contributed by atoms with Gasteiger partial charge in [0.05, 0.1) is 5.52 Å². The van der Waals surface area contributed by atoms with Crippen LogP contribution in [0.5, 0.6) is 0 Å². The number of carbonyl (C=O) groups is 1. The maximum Gasteiger partial charge on any atom is 0.225 e. The van der Waals surface area contributed by atoms with Crippen molar-refractivity contribution in [1.82, 2.24) is 20.5 Å². The summed E-state index contributed by atoms with van der Waals surface area (Å²) in [6.07, 6.45) is 2.76. The van der Waals surface area contributed by atoms with Crippen molar-refractivity contribution in [2.75, 3.05) is 20.1 Å². The van der Waals surface area contributed by atoms with E-state index in [0.29, 0.717) is 6.54 Å². The van der Waals surface area contributed by atoms with E-state index in [-0.39, 0.29) is 41.8 Å². The monoisotopic (exact) mass is 481 g/mol. The van der Waals surface area contributed by atoms with Gasteiger partial charge in [0.2, 0.25) is 5.91 Å². The molecule has 1 aliphatic rings. The molecule has 2 N–H and O–H groups in total. The van der Waals surface area contributed by atoms with Crippen LogP contribution in [0.15, 0.2) is 41.5 Å². The summed E-state index contributed by atoms with van der Waals surface area (Å²) in [6.45, 7) is 6.07. The van der Waals surface area contributed by atoms with Gasteiger partial charge in [-0.2, -0.15) is 0 Å². The number of nitrogens with one attached hydrogen (secondary N) is 2. The summed E-state index contributed by atoms with van der Waals surface area (Å²) in [5, 5.41) is 7.93. The molecular formula is C20H28IN5O. The fourth-order valence-electron chi connectivity index (χ4n) is 3.32. The molecule has 0 spiro atoms. The molecule has 3 rings (SSSR count). The molecule has 146 valence electrons. The number of aromatic nitrogens is 1. The number of carbonyl (C=O) groups excluding carboxylic acids is 1. The van der Waals surface area contributed by atoms with Crippen LogP contribution in [0, 0.1) is 5.92 Å². The number of hydrogen-bond acceptors (Lipinski definition) is 3. The number of halogens is 1. The second kappa shape index (κ2) is 9.87. The lowest BCUT2D eigenvalue weighted by Gasteiger charge is -2.20. The maximum absolute atomic E-state index is 12.1. The molecule has 1 aliphatic heterocycles. The molecule has 1 aromatic carbocycles. The normalized spacial score (nSPS) is 17.1. The first kappa shape index (κ1) is 21.4. The minimum atomic E-state index is 0. The number of rotatable bonds is 4. The summed E-state index contributed by atoms with van der Waals surface area (Å²) in [5.74, 6) is 1.02. The summed E-state index contributed by atoms with van der Waals surface area (Å²) in [5.41, 5.74) is 2.14. The van der Waals surface area contributed by atoms with E-state index in [4.69, 9.17) is 0 Å². The second-order valence-corrected chi connectivity index (χ2v) is 6.99. The number of likely N-dealkylation sites (tertiary alicyclic amines) is 1. The smallest absolute Gasteiger partial charge is 0.225 e. The minimum absolute atomic E-state index is 0. The molecule has 7 heteroatoms. The predicted octanol–water partition coefficient (Wildman–Crippen LogP) is 2.77. The Morgan fingerprint density at radius 2 is 2.11 bits per heavy atom. The lowest BCUT2D eigenvalue weighted by Crippen LogP contribution is -2.45. The first-order valence-corrected chi connectivity index (χ1v) is 9.17. The van der Waals surface area contributed by atoms with Gasteiger partial charge >= 0.3 is 0 Å². The molecule has 2 heterocycles. The molecule has 1 atom stereocenters. The van der Waals surface area contributed by atoms with Crippen molar-refractivity contribution in [3.63, 3.8) is 0 Å². The molecular weight excluding hydrogens is 453 g/mol. The van der Waals surface area contributed by atoms with Crippen molar-refractivity contribution < 1.29 is 4.79 Å². The number of pyridine rings is 1. The van der Waals surface area contributed by atoms with Crippen LogP contribution in [0.4, 0.5) is 0 Å². The molecule has 0 aliphatic carbocycles. The maximum atomic E-state index is 12.1. The highest BCUT2D eigenvalue weighted by Crippen LogP contribution is 2.16. The summed E-state index contributed by atoms with van der Waals surface area (Å²) >= 11 is 0. The van der Waals surface area contributed by atoms with Crippen LogP contribution >= 0.6 is 24.0 Å². The first-order valence-electron chi connectivity index (χ1n) is 9.17. The number of hydrogen-bond donors (Lipinski definition) is 2. The van der Waals surface area contributed by atoms with Gasteiger partial charge in [-0.25, -0.2) is 0 Å². The zero-order valence-corrected chi connectivity index (χ0v) is 18.4. The molecule has 6 nitrogen and oxygen atoms in total. The van der Waals surface area contributed by atoms with Crippen LogP contribution in [-0.2, 0) is 11.3 Å². The molecule has 0 saturated carbocycles. The molecule has 2 aromatic rings. The highest BCUT2D eigenvalue weighted by Gasteiger charge is 2.27. The van der Waals surface area contributed by atoms with Crippen molar-refractivity contribution >= 4 is 46.7 Å². The number of para-hydroxylation sites is 1. The largest absolute Gasteiger partial charge is 0.352 e. The molecule has 1 amide bonds. The van der Waals surface area contributed by atoms with E-state index in [2.05, 4.69) is 38.8 Å². The van der Waals surface area contributed by atoms with E-state index >= 15 is 0 Å². The summed E-state index contributed by atoms with van der Waals surface area (Å²) in [7, 11) is 1.77. The van der Waals surface area contributed by atoms with Crippen LogP contribution < -0.4 is 10.6 Å². The summed E-state index contributed by atoms with van der Waals surface area (Å²) in [6, 6.07) is 10.4. The zero-order chi connectivity index (χ0) is 18.5. The topological polar surface area (TPSA) is 69.6 Å². The molecule has 0 bridgehead atoms. The van der Waals surface area contributed by atoms with Gasteiger partial charge < -0.3 is 15.5 Å². The van der Waals surface area contributed by atoms with Gasteiger partial charge in [-0.05, 0) is 18.1 Å². The quantitative estimate of drug-likeness (QED) is 0.401. The summed E-state index contributed by atoms with van der Waals surface area (Å²) < 4.78 is 0. The van der Waals surface area contributed by atoms with E-state index < -0.39 is 0 Å². The Labute approximate surface area is 177 Å². The summed E-state index contributed by atoms with van der Waals surface area (Å²) in [4.78, 5) is 22.9. The molecule has 1 aromatic heterocycles. The fourth-order valence-corrected chi connectivity index (χ4v) is 3.32. The van der Waals surface area contributed by atoms with Crippen molar-refractivity contribution in [2.45, 2.75) is 32.9 Å².